The van der Waals surface area contributed by atoms with E-state index in [9.17, 15) is 4.79 Å². The number of fused-ring (bicyclic) bond motifs is 1. The zero-order valence-electron chi connectivity index (χ0n) is 19.1. The van der Waals surface area contributed by atoms with Crippen molar-refractivity contribution in [3.63, 3.8) is 0 Å². The number of aryl methyl sites for hydroxylation is 1. The van der Waals surface area contributed by atoms with Crippen LogP contribution in [0.2, 0.25) is 5.02 Å². The summed E-state index contributed by atoms with van der Waals surface area (Å²) in [7, 11) is 1.97. The molecule has 8 heteroatoms. The molecular weight excluding hydrogens is 438 g/mol. The number of carbonyl (C=O) groups is 1. The molecule has 7 nitrogen and oxygen atoms in total. The standard InChI is InChI=1S/C25H28ClN5O2/c1-15-12-17(9-11-33-15)31-21(32)14-25(2,29-24(31)27)19-8-4-7-18(22(19)26)20-13-16-6-5-10-28-23(16)30(20)3/h4-8,10,13,15,17H,9,11-12,14H2,1-3H3,(H2,27,29)/t15-,17-,25-/m0/s1. The number of hydrogen-bond donors (Lipinski definition) is 1. The number of ether oxygens (including phenoxy) is 1. The summed E-state index contributed by atoms with van der Waals surface area (Å²) in [5, 5.41) is 1.61. The van der Waals surface area contributed by atoms with Crippen LogP contribution in [0, 0.1) is 0 Å². The molecule has 0 bridgehead atoms. The number of guanidine groups is 1. The predicted octanol–water partition coefficient (Wildman–Crippen LogP) is 4.22. The maximum atomic E-state index is 13.3. The molecular formula is C25H28ClN5O2. The van der Waals surface area contributed by atoms with Crippen LogP contribution in [-0.4, -0.2) is 45.1 Å². The van der Waals surface area contributed by atoms with E-state index in [0.29, 0.717) is 11.6 Å². The molecule has 0 spiro atoms. The van der Waals surface area contributed by atoms with Crippen LogP contribution in [0.4, 0.5) is 0 Å². The lowest BCUT2D eigenvalue weighted by molar-refractivity contribution is -0.133. The lowest BCUT2D eigenvalue weighted by Crippen LogP contribution is -2.56. The quantitative estimate of drug-likeness (QED) is 0.627. The van der Waals surface area contributed by atoms with Crippen LogP contribution < -0.4 is 5.73 Å². The molecule has 2 aliphatic heterocycles. The average molecular weight is 466 g/mol. The Morgan fingerprint density at radius 2 is 2.09 bits per heavy atom. The first-order valence-electron chi connectivity index (χ1n) is 11.3. The monoisotopic (exact) mass is 465 g/mol. The second-order valence-corrected chi connectivity index (χ2v) is 9.59. The van der Waals surface area contributed by atoms with Crippen LogP contribution in [0.15, 0.2) is 47.6 Å². The van der Waals surface area contributed by atoms with E-state index in [1.807, 2.05) is 55.8 Å². The van der Waals surface area contributed by atoms with Crippen LogP contribution in [0.25, 0.3) is 22.3 Å². The van der Waals surface area contributed by atoms with Crippen molar-refractivity contribution in [1.82, 2.24) is 14.5 Å². The Morgan fingerprint density at radius 1 is 1.27 bits per heavy atom. The molecule has 172 valence electrons. The molecule has 1 fully saturated rings. The Balaban J connectivity index is 1.54. The van der Waals surface area contributed by atoms with Gasteiger partial charge in [0.25, 0.3) is 0 Å². The summed E-state index contributed by atoms with van der Waals surface area (Å²) in [6.45, 7) is 4.56. The molecule has 5 rings (SSSR count). The third-order valence-electron chi connectivity index (χ3n) is 6.84. The van der Waals surface area contributed by atoms with Crippen molar-refractivity contribution < 1.29 is 9.53 Å². The summed E-state index contributed by atoms with van der Waals surface area (Å²) in [5.74, 6) is 0.225. The van der Waals surface area contributed by atoms with Crippen LogP contribution in [0.1, 0.15) is 38.7 Å². The van der Waals surface area contributed by atoms with Gasteiger partial charge in [-0.1, -0.05) is 29.8 Å². The number of pyridine rings is 1. The first-order chi connectivity index (χ1) is 15.8. The molecule has 3 atom stereocenters. The fraction of sp³-hybridized carbons (Fsp3) is 0.400. The molecule has 2 aliphatic rings. The number of amides is 1. The van der Waals surface area contributed by atoms with Crippen LogP contribution in [0.5, 0.6) is 0 Å². The molecule has 3 aromatic rings. The summed E-state index contributed by atoms with van der Waals surface area (Å²) >= 11 is 6.98. The van der Waals surface area contributed by atoms with E-state index in [1.165, 1.54) is 0 Å². The maximum Gasteiger partial charge on any atom is 0.232 e. The minimum atomic E-state index is -0.843. The number of hydrogen-bond acceptors (Lipinski definition) is 5. The topological polar surface area (TPSA) is 85.7 Å². The number of carbonyl (C=O) groups excluding carboxylic acids is 1. The average Bonchev–Trinajstić information content (AvgIpc) is 3.10. The highest BCUT2D eigenvalue weighted by Crippen LogP contribution is 2.42. The third kappa shape index (κ3) is 3.69. The van der Waals surface area contributed by atoms with E-state index in [1.54, 1.807) is 11.1 Å². The van der Waals surface area contributed by atoms with Gasteiger partial charge in [0.1, 0.15) is 5.65 Å². The van der Waals surface area contributed by atoms with Crippen molar-refractivity contribution in [3.05, 3.63) is 53.2 Å². The van der Waals surface area contributed by atoms with Crippen molar-refractivity contribution in [2.75, 3.05) is 6.61 Å². The second-order valence-electron chi connectivity index (χ2n) is 9.22. The van der Waals surface area contributed by atoms with Crippen molar-refractivity contribution in [1.29, 1.82) is 0 Å². The predicted molar refractivity (Wildman–Crippen MR) is 130 cm³/mol. The van der Waals surface area contributed by atoms with E-state index < -0.39 is 5.54 Å². The number of aromatic nitrogens is 2. The van der Waals surface area contributed by atoms with Gasteiger partial charge in [-0.3, -0.25) is 9.69 Å². The Morgan fingerprint density at radius 3 is 2.82 bits per heavy atom. The van der Waals surface area contributed by atoms with Crippen molar-refractivity contribution >= 4 is 34.5 Å². The zero-order valence-corrected chi connectivity index (χ0v) is 19.8. The molecule has 1 amide bonds. The molecule has 0 radical (unpaired) electrons. The molecule has 1 aromatic carbocycles. The maximum absolute atomic E-state index is 13.3. The Labute approximate surface area is 198 Å². The van der Waals surface area contributed by atoms with Gasteiger partial charge in [-0.15, -0.1) is 0 Å². The minimum Gasteiger partial charge on any atom is -0.378 e. The summed E-state index contributed by atoms with van der Waals surface area (Å²) in [4.78, 5) is 24.3. The van der Waals surface area contributed by atoms with Gasteiger partial charge in [-0.25, -0.2) is 9.98 Å². The molecule has 4 heterocycles. The second kappa shape index (κ2) is 8.15. The number of aliphatic imine (C=N–C) groups is 1. The van der Waals surface area contributed by atoms with Gasteiger partial charge >= 0.3 is 0 Å². The molecule has 1 saturated heterocycles. The van der Waals surface area contributed by atoms with Crippen molar-refractivity contribution in [2.45, 2.75) is 50.8 Å². The molecule has 0 unspecified atom stereocenters. The summed E-state index contributed by atoms with van der Waals surface area (Å²) in [6, 6.07) is 11.9. The Bertz CT molecular complexity index is 1270. The van der Waals surface area contributed by atoms with E-state index in [4.69, 9.17) is 27.1 Å². The van der Waals surface area contributed by atoms with Gasteiger partial charge < -0.3 is 15.0 Å². The highest BCUT2D eigenvalue weighted by molar-refractivity contribution is 6.34. The number of nitrogens with zero attached hydrogens (tertiary/aromatic N) is 4. The van der Waals surface area contributed by atoms with Crippen LogP contribution in [-0.2, 0) is 22.1 Å². The molecule has 33 heavy (non-hydrogen) atoms. The Hall–Kier alpha value is -2.90. The first-order valence-corrected chi connectivity index (χ1v) is 11.6. The van der Waals surface area contributed by atoms with E-state index in [2.05, 4.69) is 11.1 Å². The van der Waals surface area contributed by atoms with Gasteiger partial charge in [-0.2, -0.15) is 0 Å². The van der Waals surface area contributed by atoms with Crippen LogP contribution >= 0.6 is 11.6 Å². The molecule has 2 N–H and O–H groups in total. The van der Waals surface area contributed by atoms with Crippen molar-refractivity contribution in [2.24, 2.45) is 17.8 Å². The zero-order chi connectivity index (χ0) is 23.3. The fourth-order valence-electron chi connectivity index (χ4n) is 5.17. The van der Waals surface area contributed by atoms with Crippen LogP contribution in [0.3, 0.4) is 0 Å². The normalized spacial score (nSPS) is 26.0. The third-order valence-corrected chi connectivity index (χ3v) is 7.25. The minimum absolute atomic E-state index is 0.0136. The van der Waals surface area contributed by atoms with Crippen molar-refractivity contribution in [3.8, 4) is 11.3 Å². The van der Waals surface area contributed by atoms with Gasteiger partial charge in [0.05, 0.1) is 28.8 Å². The molecule has 0 aliphatic carbocycles. The fourth-order valence-corrected chi connectivity index (χ4v) is 5.60. The highest BCUT2D eigenvalue weighted by atomic mass is 35.5. The molecule has 2 aromatic heterocycles. The van der Waals surface area contributed by atoms with Gasteiger partial charge in [0.15, 0.2) is 5.96 Å². The van der Waals surface area contributed by atoms with E-state index in [0.717, 1.165) is 40.7 Å². The van der Waals surface area contributed by atoms with E-state index >= 15 is 0 Å². The first kappa shape index (κ1) is 21.9. The number of nitrogens with two attached hydrogens (primary N) is 1. The highest BCUT2D eigenvalue weighted by Gasteiger charge is 2.42. The summed E-state index contributed by atoms with van der Waals surface area (Å²) in [5.41, 5.74) is 9.05. The van der Waals surface area contributed by atoms with Gasteiger partial charge in [0.2, 0.25) is 5.91 Å². The molecule has 0 saturated carbocycles. The Kier molecular flexibility index (Phi) is 5.41. The largest absolute Gasteiger partial charge is 0.378 e. The van der Waals surface area contributed by atoms with E-state index in [-0.39, 0.29) is 30.4 Å². The lowest BCUT2D eigenvalue weighted by atomic mass is 9.85. The SMILES string of the molecule is C[C@H]1C[C@@H](N2C(=O)C[C@@](C)(c3cccc(-c4cc5cccnc5n4C)c3Cl)N=C2N)CCO1. The van der Waals surface area contributed by atoms with Gasteiger partial charge in [0, 0.05) is 36.8 Å². The number of rotatable bonds is 3. The number of halogens is 1. The number of benzene rings is 1. The summed E-state index contributed by atoms with van der Waals surface area (Å²) < 4.78 is 7.67. The summed E-state index contributed by atoms with van der Waals surface area (Å²) in [6.07, 6.45) is 3.60. The van der Waals surface area contributed by atoms with Gasteiger partial charge in [-0.05, 0) is 50.5 Å². The smallest absolute Gasteiger partial charge is 0.232 e. The lowest BCUT2D eigenvalue weighted by Gasteiger charge is -2.41.